The molecule has 10 heteroatoms. The molecular weight excluding hydrogens is 497 g/mol. The average molecular weight is 550 g/mol. The van der Waals surface area contributed by atoms with Crippen LogP contribution in [0.25, 0.3) is 0 Å². The van der Waals surface area contributed by atoms with Crippen molar-refractivity contribution < 1.29 is 38.9 Å². The molecule has 0 aromatic carbocycles. The van der Waals surface area contributed by atoms with Gasteiger partial charge in [-0.05, 0) is 12.8 Å². The van der Waals surface area contributed by atoms with E-state index in [1.54, 1.807) is 0 Å². The third kappa shape index (κ3) is 13.4. The highest BCUT2D eigenvalue weighted by molar-refractivity contribution is 7.54. The van der Waals surface area contributed by atoms with Gasteiger partial charge in [-0.3, -0.25) is 19.1 Å². The van der Waals surface area contributed by atoms with Crippen molar-refractivity contribution >= 4 is 25.4 Å². The Balaban J connectivity index is 5.03. The maximum absolute atomic E-state index is 13.0. The lowest BCUT2D eigenvalue weighted by Crippen LogP contribution is -2.61. The van der Waals surface area contributed by atoms with Gasteiger partial charge >= 0.3 is 13.6 Å². The summed E-state index contributed by atoms with van der Waals surface area (Å²) in [7, 11) is -5.62. The number of aliphatic hydroxyl groups excluding tert-OH is 1. The molecule has 0 fully saturated rings. The summed E-state index contributed by atoms with van der Waals surface area (Å²) in [4.78, 5) is 57.9. The summed E-state index contributed by atoms with van der Waals surface area (Å²) in [5, 5.41) is 16.2. The molecule has 0 aromatic heterocycles. The molecule has 1 atom stereocenters. The van der Waals surface area contributed by atoms with Crippen molar-refractivity contribution in [3.63, 3.8) is 0 Å². The Kier molecular flexibility index (Phi) is 19.9. The van der Waals surface area contributed by atoms with Crippen LogP contribution in [0.4, 0.5) is 0 Å². The normalized spacial score (nSPS) is 13.3. The van der Waals surface area contributed by atoms with Gasteiger partial charge in [-0.2, -0.15) is 0 Å². The van der Waals surface area contributed by atoms with Gasteiger partial charge in [0.2, 0.25) is 11.8 Å². The van der Waals surface area contributed by atoms with Crippen molar-refractivity contribution in [1.82, 2.24) is 4.90 Å². The Hall–Kier alpha value is -1.28. The molecule has 0 aliphatic rings. The molecule has 0 spiro atoms. The van der Waals surface area contributed by atoms with Gasteiger partial charge in [0.15, 0.2) is 0 Å². The predicted molar refractivity (Wildman–Crippen MR) is 145 cm³/mol. The van der Waals surface area contributed by atoms with Crippen LogP contribution in [-0.2, 0) is 18.9 Å². The zero-order valence-electron chi connectivity index (χ0n) is 23.2. The summed E-state index contributed by atoms with van der Waals surface area (Å²) in [5.41, 5.74) is 0. The van der Waals surface area contributed by atoms with E-state index >= 15 is 0 Å². The summed E-state index contributed by atoms with van der Waals surface area (Å²) in [5.74, 6) is -4.03. The molecule has 9 nitrogen and oxygen atoms in total. The lowest BCUT2D eigenvalue weighted by atomic mass is 10.0. The van der Waals surface area contributed by atoms with E-state index in [-0.39, 0.29) is 17.7 Å². The van der Waals surface area contributed by atoms with Crippen molar-refractivity contribution in [3.8, 4) is 0 Å². The van der Waals surface area contributed by atoms with Gasteiger partial charge in [0, 0.05) is 12.8 Å². The number of amides is 2. The molecule has 4 N–H and O–H groups in total. The van der Waals surface area contributed by atoms with E-state index in [2.05, 4.69) is 13.8 Å². The number of rotatable bonds is 24. The SMILES string of the molecule is CCCCCCCCCCCC(=O)N(C(=O)CCCCCCCCCCC)C(CO)(C(=O)O)P(=O)(O)O. The van der Waals surface area contributed by atoms with Crippen LogP contribution in [0.15, 0.2) is 0 Å². The van der Waals surface area contributed by atoms with E-state index in [0.717, 1.165) is 51.4 Å². The van der Waals surface area contributed by atoms with Crippen molar-refractivity contribution in [2.75, 3.05) is 6.61 Å². The topological polar surface area (TPSA) is 152 Å². The fourth-order valence-corrected chi connectivity index (χ4v) is 5.45. The zero-order valence-corrected chi connectivity index (χ0v) is 24.1. The van der Waals surface area contributed by atoms with E-state index in [1.807, 2.05) is 0 Å². The van der Waals surface area contributed by atoms with Gasteiger partial charge in [-0.25, -0.2) is 4.79 Å². The molecule has 1 unspecified atom stereocenters. The second-order valence-corrected chi connectivity index (χ2v) is 11.9. The van der Waals surface area contributed by atoms with Crippen molar-refractivity contribution in [2.24, 2.45) is 0 Å². The van der Waals surface area contributed by atoms with Crippen LogP contribution in [0.5, 0.6) is 0 Å². The number of hydrogen-bond acceptors (Lipinski definition) is 5. The molecule has 0 radical (unpaired) electrons. The Morgan fingerprint density at radius 3 is 1.16 bits per heavy atom. The molecule has 2 amide bonds. The summed E-state index contributed by atoms with van der Waals surface area (Å²) in [6.45, 7) is 2.76. The molecule has 0 saturated heterocycles. The molecule has 0 aliphatic heterocycles. The van der Waals surface area contributed by atoms with Crippen LogP contribution in [0.1, 0.15) is 142 Å². The van der Waals surface area contributed by atoms with E-state index in [4.69, 9.17) is 0 Å². The Morgan fingerprint density at radius 2 is 0.919 bits per heavy atom. The van der Waals surface area contributed by atoms with Crippen molar-refractivity contribution in [2.45, 2.75) is 148 Å². The van der Waals surface area contributed by atoms with E-state index in [9.17, 15) is 38.9 Å². The molecule has 0 heterocycles. The number of carboxylic acid groups (broad SMARTS) is 1. The lowest BCUT2D eigenvalue weighted by Gasteiger charge is -2.37. The number of carbonyl (C=O) groups is 3. The highest BCUT2D eigenvalue weighted by atomic mass is 31.2. The number of aliphatic hydroxyl groups is 1. The van der Waals surface area contributed by atoms with Crippen LogP contribution in [0, 0.1) is 0 Å². The summed E-state index contributed by atoms with van der Waals surface area (Å²) in [6, 6.07) is 0. The average Bonchev–Trinajstić information content (AvgIpc) is 2.83. The fraction of sp³-hybridized carbons (Fsp3) is 0.889. The smallest absolute Gasteiger partial charge is 0.365 e. The van der Waals surface area contributed by atoms with Gasteiger partial charge in [0.1, 0.15) is 0 Å². The summed E-state index contributed by atoms with van der Waals surface area (Å²) < 4.78 is 12.2. The lowest BCUT2D eigenvalue weighted by molar-refractivity contribution is -0.164. The van der Waals surface area contributed by atoms with Crippen LogP contribution in [0.2, 0.25) is 0 Å². The van der Waals surface area contributed by atoms with Crippen molar-refractivity contribution in [3.05, 3.63) is 0 Å². The molecule has 37 heavy (non-hydrogen) atoms. The molecule has 0 saturated carbocycles. The maximum atomic E-state index is 13.0. The number of unbranched alkanes of at least 4 members (excludes halogenated alkanes) is 16. The first-order valence-electron chi connectivity index (χ1n) is 14.4. The number of imide groups is 1. The zero-order chi connectivity index (χ0) is 28.2. The van der Waals surface area contributed by atoms with E-state index < -0.39 is 37.3 Å². The highest BCUT2D eigenvalue weighted by Gasteiger charge is 2.62. The second kappa shape index (κ2) is 20.7. The molecule has 0 rings (SSSR count). The molecule has 0 aromatic rings. The Bertz CT molecular complexity index is 662. The van der Waals surface area contributed by atoms with Gasteiger partial charge in [-0.1, -0.05) is 117 Å². The van der Waals surface area contributed by atoms with Crippen LogP contribution < -0.4 is 0 Å². The standard InChI is InChI=1S/C27H52NO8P/c1-3-5-7-9-11-13-15-17-19-21-24(30)28(27(23-29,26(32)33)37(34,35)36)25(31)22-20-18-16-14-12-10-8-6-4-2/h29H,3-23H2,1-2H3,(H,32,33)(H2,34,35,36). The van der Waals surface area contributed by atoms with Gasteiger partial charge in [0.25, 0.3) is 5.28 Å². The quantitative estimate of drug-likeness (QED) is 0.0828. The number of aliphatic carboxylic acids is 1. The summed E-state index contributed by atoms with van der Waals surface area (Å²) in [6.07, 6.45) is 17.2. The van der Waals surface area contributed by atoms with E-state index in [0.29, 0.717) is 25.7 Å². The van der Waals surface area contributed by atoms with Crippen LogP contribution >= 0.6 is 7.60 Å². The van der Waals surface area contributed by atoms with Gasteiger partial charge < -0.3 is 20.0 Å². The minimum Gasteiger partial charge on any atom is -0.479 e. The van der Waals surface area contributed by atoms with Gasteiger partial charge in [-0.15, -0.1) is 0 Å². The Morgan fingerprint density at radius 1 is 0.622 bits per heavy atom. The maximum Gasteiger partial charge on any atom is 0.365 e. The first-order valence-corrected chi connectivity index (χ1v) is 16.0. The predicted octanol–water partition coefficient (Wildman–Crippen LogP) is 6.13. The molecular formula is C27H52NO8P. The number of hydrogen-bond donors (Lipinski definition) is 4. The fourth-order valence-electron chi connectivity index (χ4n) is 4.53. The van der Waals surface area contributed by atoms with Crippen LogP contribution in [-0.4, -0.2) is 54.6 Å². The number of nitrogens with zero attached hydrogens (tertiary/aromatic N) is 1. The van der Waals surface area contributed by atoms with Crippen molar-refractivity contribution in [1.29, 1.82) is 0 Å². The third-order valence-electron chi connectivity index (χ3n) is 6.90. The second-order valence-electron chi connectivity index (χ2n) is 10.1. The molecule has 0 aliphatic carbocycles. The molecule has 0 bridgehead atoms. The Labute approximate surface area is 223 Å². The highest BCUT2D eigenvalue weighted by Crippen LogP contribution is 2.53. The minimum atomic E-state index is -5.62. The first-order chi connectivity index (χ1) is 17.6. The minimum absolute atomic E-state index is 0.158. The first kappa shape index (κ1) is 35.7. The number of carbonyl (C=O) groups excluding carboxylic acids is 2. The largest absolute Gasteiger partial charge is 0.479 e. The summed E-state index contributed by atoms with van der Waals surface area (Å²) >= 11 is 0. The third-order valence-corrected chi connectivity index (χ3v) is 8.40. The van der Waals surface area contributed by atoms with E-state index in [1.165, 1.54) is 38.5 Å². The van der Waals surface area contributed by atoms with Gasteiger partial charge in [0.05, 0.1) is 6.61 Å². The van der Waals surface area contributed by atoms with Crippen LogP contribution in [0.3, 0.4) is 0 Å². The monoisotopic (exact) mass is 549 g/mol. The molecule has 218 valence electrons. The number of carboxylic acids is 1.